The van der Waals surface area contributed by atoms with E-state index in [0.717, 1.165) is 44.5 Å². The Morgan fingerprint density at radius 1 is 1.25 bits per heavy atom. The number of hydrogen-bond acceptors (Lipinski definition) is 4. The minimum Gasteiger partial charge on any atom is -0.468 e. The molecule has 5 nitrogen and oxygen atoms in total. The van der Waals surface area contributed by atoms with E-state index in [9.17, 15) is 9.59 Å². The van der Waals surface area contributed by atoms with E-state index in [2.05, 4.69) is 17.0 Å². The standard InChI is InChI=1S/C19H26N2O3/c1-20-14-19(8-10-21(11-9-19)13-17(22)24-2)12-16(18(20)23)15-6-4-3-5-7-15/h3-7,16H,8-14H2,1-2H3/t16-/m1/s1. The molecule has 0 bridgehead atoms. The number of methoxy groups -OCH3 is 1. The topological polar surface area (TPSA) is 49.9 Å². The predicted octanol–water partition coefficient (Wildman–Crippen LogP) is 1.89. The summed E-state index contributed by atoms with van der Waals surface area (Å²) >= 11 is 0. The third kappa shape index (κ3) is 3.46. The second-order valence-corrected chi connectivity index (χ2v) is 7.21. The Labute approximate surface area is 143 Å². The van der Waals surface area contributed by atoms with Gasteiger partial charge in [0.1, 0.15) is 0 Å². The SMILES string of the molecule is COC(=O)CN1CCC2(CC1)C[C@H](c1ccccc1)C(=O)N(C)C2. The third-order valence-corrected chi connectivity index (χ3v) is 5.58. The highest BCUT2D eigenvalue weighted by Gasteiger charge is 2.45. The van der Waals surface area contributed by atoms with Crippen molar-refractivity contribution >= 4 is 11.9 Å². The monoisotopic (exact) mass is 330 g/mol. The minimum atomic E-state index is -0.177. The Bertz CT molecular complexity index is 594. The first-order valence-corrected chi connectivity index (χ1v) is 8.62. The van der Waals surface area contributed by atoms with Gasteiger partial charge in [-0.1, -0.05) is 30.3 Å². The van der Waals surface area contributed by atoms with Crippen molar-refractivity contribution in [1.29, 1.82) is 0 Å². The van der Waals surface area contributed by atoms with Gasteiger partial charge >= 0.3 is 5.97 Å². The molecule has 1 amide bonds. The molecule has 2 aliphatic rings. The molecule has 0 N–H and O–H groups in total. The van der Waals surface area contributed by atoms with Crippen LogP contribution in [0.25, 0.3) is 0 Å². The largest absolute Gasteiger partial charge is 0.468 e. The molecule has 1 aromatic carbocycles. The van der Waals surface area contributed by atoms with Gasteiger partial charge in [-0.25, -0.2) is 0 Å². The maximum atomic E-state index is 12.7. The van der Waals surface area contributed by atoms with Gasteiger partial charge in [-0.15, -0.1) is 0 Å². The summed E-state index contributed by atoms with van der Waals surface area (Å²) in [6, 6.07) is 10.1. The summed E-state index contributed by atoms with van der Waals surface area (Å²) in [7, 11) is 3.35. The Morgan fingerprint density at radius 3 is 2.54 bits per heavy atom. The van der Waals surface area contributed by atoms with Crippen molar-refractivity contribution < 1.29 is 14.3 Å². The molecular weight excluding hydrogens is 304 g/mol. The molecule has 0 aromatic heterocycles. The molecule has 0 aliphatic carbocycles. The van der Waals surface area contributed by atoms with E-state index >= 15 is 0 Å². The van der Waals surface area contributed by atoms with Gasteiger partial charge in [0.15, 0.2) is 0 Å². The van der Waals surface area contributed by atoms with Crippen molar-refractivity contribution in [3.8, 4) is 0 Å². The van der Waals surface area contributed by atoms with Crippen molar-refractivity contribution in [2.75, 3.05) is 40.3 Å². The summed E-state index contributed by atoms with van der Waals surface area (Å²) in [6.07, 6.45) is 2.95. The van der Waals surface area contributed by atoms with Crippen molar-refractivity contribution in [1.82, 2.24) is 9.80 Å². The maximum absolute atomic E-state index is 12.7. The number of ether oxygens (including phenoxy) is 1. The number of carbonyl (C=O) groups excluding carboxylic acids is 2. The summed E-state index contributed by atoms with van der Waals surface area (Å²) in [5, 5.41) is 0. The van der Waals surface area contributed by atoms with Crippen LogP contribution < -0.4 is 0 Å². The van der Waals surface area contributed by atoms with Crippen molar-refractivity contribution in [3.05, 3.63) is 35.9 Å². The summed E-state index contributed by atoms with van der Waals surface area (Å²) in [4.78, 5) is 28.2. The van der Waals surface area contributed by atoms with Gasteiger partial charge in [0, 0.05) is 13.6 Å². The van der Waals surface area contributed by atoms with Gasteiger partial charge < -0.3 is 9.64 Å². The second kappa shape index (κ2) is 6.93. The lowest BCUT2D eigenvalue weighted by Gasteiger charge is -2.49. The number of likely N-dealkylation sites (tertiary alicyclic amines) is 2. The number of likely N-dealkylation sites (N-methyl/N-ethyl adjacent to an activating group) is 1. The van der Waals surface area contributed by atoms with Crippen LogP contribution >= 0.6 is 0 Å². The first kappa shape index (κ1) is 17.0. The normalized spacial score (nSPS) is 24.2. The first-order valence-electron chi connectivity index (χ1n) is 8.62. The fourth-order valence-corrected chi connectivity index (χ4v) is 4.17. The molecule has 0 radical (unpaired) electrons. The summed E-state index contributed by atoms with van der Waals surface area (Å²) in [5.74, 6) is 0.00461. The Hall–Kier alpha value is -1.88. The van der Waals surface area contributed by atoms with Crippen LogP contribution in [0.3, 0.4) is 0 Å². The van der Waals surface area contributed by atoms with E-state index in [4.69, 9.17) is 4.74 Å². The number of nitrogens with zero attached hydrogens (tertiary/aromatic N) is 2. The highest BCUT2D eigenvalue weighted by atomic mass is 16.5. The minimum absolute atomic E-state index is 0.0443. The van der Waals surface area contributed by atoms with Crippen LogP contribution in [0.2, 0.25) is 0 Å². The van der Waals surface area contributed by atoms with Gasteiger partial charge in [-0.05, 0) is 43.3 Å². The lowest BCUT2D eigenvalue weighted by molar-refractivity contribution is -0.143. The zero-order valence-corrected chi connectivity index (χ0v) is 14.5. The van der Waals surface area contributed by atoms with Crippen LogP contribution in [-0.2, 0) is 14.3 Å². The summed E-state index contributed by atoms with van der Waals surface area (Å²) < 4.78 is 4.76. The number of benzene rings is 1. The molecule has 1 atom stereocenters. The molecule has 1 spiro atoms. The molecule has 5 heteroatoms. The van der Waals surface area contributed by atoms with E-state index in [1.54, 1.807) is 0 Å². The molecule has 2 aliphatic heterocycles. The van der Waals surface area contributed by atoms with Crippen molar-refractivity contribution in [2.24, 2.45) is 5.41 Å². The van der Waals surface area contributed by atoms with Crippen LogP contribution in [0.5, 0.6) is 0 Å². The van der Waals surface area contributed by atoms with Gasteiger partial charge in [0.05, 0.1) is 19.6 Å². The van der Waals surface area contributed by atoms with Gasteiger partial charge in [0.25, 0.3) is 0 Å². The van der Waals surface area contributed by atoms with Crippen LogP contribution in [0.15, 0.2) is 30.3 Å². The van der Waals surface area contributed by atoms with E-state index in [1.807, 2.05) is 30.1 Å². The molecule has 1 aromatic rings. The molecule has 2 saturated heterocycles. The number of rotatable bonds is 3. The smallest absolute Gasteiger partial charge is 0.319 e. The first-order chi connectivity index (χ1) is 11.5. The molecule has 0 unspecified atom stereocenters. The average Bonchev–Trinajstić information content (AvgIpc) is 2.61. The van der Waals surface area contributed by atoms with Crippen LogP contribution in [0, 0.1) is 5.41 Å². The number of amides is 1. The lowest BCUT2D eigenvalue weighted by atomic mass is 9.68. The Balaban J connectivity index is 1.70. The molecule has 0 saturated carbocycles. The lowest BCUT2D eigenvalue weighted by Crippen LogP contribution is -2.53. The Kier molecular flexibility index (Phi) is 4.90. The number of esters is 1. The van der Waals surface area contributed by atoms with Crippen LogP contribution in [-0.4, -0.2) is 62.0 Å². The van der Waals surface area contributed by atoms with E-state index in [-0.39, 0.29) is 23.2 Å². The molecule has 2 heterocycles. The van der Waals surface area contributed by atoms with Gasteiger partial charge in [-0.3, -0.25) is 14.5 Å². The highest BCUT2D eigenvalue weighted by Crippen LogP contribution is 2.45. The van der Waals surface area contributed by atoms with Crippen molar-refractivity contribution in [2.45, 2.75) is 25.2 Å². The molecule has 2 fully saturated rings. The van der Waals surface area contributed by atoms with E-state index in [0.29, 0.717) is 6.54 Å². The van der Waals surface area contributed by atoms with E-state index in [1.165, 1.54) is 7.11 Å². The number of hydrogen-bond donors (Lipinski definition) is 0. The maximum Gasteiger partial charge on any atom is 0.319 e. The van der Waals surface area contributed by atoms with Gasteiger partial charge in [-0.2, -0.15) is 0 Å². The van der Waals surface area contributed by atoms with Crippen molar-refractivity contribution in [3.63, 3.8) is 0 Å². The third-order valence-electron chi connectivity index (χ3n) is 5.58. The molecule has 130 valence electrons. The highest BCUT2D eigenvalue weighted by molar-refractivity contribution is 5.84. The van der Waals surface area contributed by atoms with Gasteiger partial charge in [0.2, 0.25) is 5.91 Å². The number of piperidine rings is 2. The molecule has 24 heavy (non-hydrogen) atoms. The average molecular weight is 330 g/mol. The van der Waals surface area contributed by atoms with E-state index < -0.39 is 0 Å². The summed E-state index contributed by atoms with van der Waals surface area (Å²) in [5.41, 5.74) is 1.28. The van der Waals surface area contributed by atoms with Crippen LogP contribution in [0.4, 0.5) is 0 Å². The fourth-order valence-electron chi connectivity index (χ4n) is 4.17. The quantitative estimate of drug-likeness (QED) is 0.794. The fraction of sp³-hybridized carbons (Fsp3) is 0.579. The molecule has 3 rings (SSSR count). The van der Waals surface area contributed by atoms with Crippen LogP contribution in [0.1, 0.15) is 30.7 Å². The Morgan fingerprint density at radius 2 is 1.92 bits per heavy atom. The molecular formula is C19H26N2O3. The summed E-state index contributed by atoms with van der Waals surface area (Å²) in [6.45, 7) is 2.96. The zero-order valence-electron chi connectivity index (χ0n) is 14.5. The number of carbonyl (C=O) groups is 2. The second-order valence-electron chi connectivity index (χ2n) is 7.21. The zero-order chi connectivity index (χ0) is 17.2. The predicted molar refractivity (Wildman–Crippen MR) is 91.6 cm³/mol.